The number of aryl methyl sites for hydroxylation is 2. The molecule has 0 aliphatic carbocycles. The second kappa shape index (κ2) is 3.73. The Kier molecular flexibility index (Phi) is 2.40. The molecule has 16 heavy (non-hydrogen) atoms. The lowest BCUT2D eigenvalue weighted by atomic mass is 10.2. The quantitative estimate of drug-likeness (QED) is 0.795. The Morgan fingerprint density at radius 2 is 2.38 bits per heavy atom. The highest BCUT2D eigenvalue weighted by Crippen LogP contribution is 2.18. The first-order valence-electron chi connectivity index (χ1n) is 4.72. The maximum atomic E-state index is 11.8. The van der Waals surface area contributed by atoms with Gasteiger partial charge in [0.15, 0.2) is 5.82 Å². The predicted octanol–water partition coefficient (Wildman–Crippen LogP) is 1.16. The summed E-state index contributed by atoms with van der Waals surface area (Å²) in [6.07, 6.45) is 2.95. The van der Waals surface area contributed by atoms with E-state index in [4.69, 9.17) is 10.2 Å². The summed E-state index contributed by atoms with van der Waals surface area (Å²) >= 11 is 0. The molecule has 1 amide bonds. The van der Waals surface area contributed by atoms with E-state index in [0.717, 1.165) is 0 Å². The van der Waals surface area contributed by atoms with Gasteiger partial charge in [-0.3, -0.25) is 9.48 Å². The van der Waals surface area contributed by atoms with Gasteiger partial charge < -0.3 is 15.5 Å². The van der Waals surface area contributed by atoms with Gasteiger partial charge in [-0.15, -0.1) is 0 Å². The lowest BCUT2D eigenvalue weighted by molar-refractivity contribution is 0.102. The summed E-state index contributed by atoms with van der Waals surface area (Å²) in [6, 6.07) is 1.61. The number of furan rings is 1. The molecule has 2 heterocycles. The molecule has 0 radical (unpaired) electrons. The van der Waals surface area contributed by atoms with Crippen molar-refractivity contribution in [3.8, 4) is 0 Å². The normalized spacial score (nSPS) is 10.4. The van der Waals surface area contributed by atoms with Crippen LogP contribution in [0.1, 0.15) is 16.1 Å². The second-order valence-electron chi connectivity index (χ2n) is 3.42. The Bertz CT molecular complexity index is 507. The zero-order valence-electron chi connectivity index (χ0n) is 9.02. The molecule has 2 aromatic heterocycles. The molecular weight excluding hydrogens is 208 g/mol. The number of aromatic nitrogens is 2. The molecule has 0 fully saturated rings. The first kappa shape index (κ1) is 10.3. The van der Waals surface area contributed by atoms with Gasteiger partial charge in [0.05, 0.1) is 23.7 Å². The number of nitrogens with zero attached hydrogens (tertiary/aromatic N) is 2. The Morgan fingerprint density at radius 1 is 1.62 bits per heavy atom. The molecule has 3 N–H and O–H groups in total. The Morgan fingerprint density at radius 3 is 2.88 bits per heavy atom. The minimum absolute atomic E-state index is 0.262. The molecule has 6 heteroatoms. The third-order valence-corrected chi connectivity index (χ3v) is 2.30. The van der Waals surface area contributed by atoms with Crippen LogP contribution in [0.4, 0.5) is 11.5 Å². The number of anilines is 2. The van der Waals surface area contributed by atoms with Gasteiger partial charge in [0, 0.05) is 7.05 Å². The predicted molar refractivity (Wildman–Crippen MR) is 59.0 cm³/mol. The van der Waals surface area contributed by atoms with Crippen molar-refractivity contribution in [3.63, 3.8) is 0 Å². The van der Waals surface area contributed by atoms with Crippen molar-refractivity contribution in [3.05, 3.63) is 29.9 Å². The van der Waals surface area contributed by atoms with Gasteiger partial charge in [-0.1, -0.05) is 0 Å². The highest BCUT2D eigenvalue weighted by Gasteiger charge is 2.14. The minimum atomic E-state index is -0.262. The molecule has 0 bridgehead atoms. The largest absolute Gasteiger partial charge is 0.469 e. The van der Waals surface area contributed by atoms with Crippen molar-refractivity contribution < 1.29 is 9.21 Å². The number of nitrogens with two attached hydrogens (primary N) is 1. The number of hydrogen-bond donors (Lipinski definition) is 2. The smallest absolute Gasteiger partial charge is 0.260 e. The molecule has 0 aliphatic heterocycles. The summed E-state index contributed by atoms with van der Waals surface area (Å²) in [6.45, 7) is 1.72. The highest BCUT2D eigenvalue weighted by molar-refractivity contribution is 6.05. The van der Waals surface area contributed by atoms with Crippen molar-refractivity contribution in [2.45, 2.75) is 6.92 Å². The van der Waals surface area contributed by atoms with Gasteiger partial charge >= 0.3 is 0 Å². The average molecular weight is 220 g/mol. The molecule has 0 atom stereocenters. The summed E-state index contributed by atoms with van der Waals surface area (Å²) in [4.78, 5) is 11.8. The van der Waals surface area contributed by atoms with Gasteiger partial charge in [-0.2, -0.15) is 5.10 Å². The van der Waals surface area contributed by atoms with Crippen LogP contribution in [0.2, 0.25) is 0 Å². The first-order valence-corrected chi connectivity index (χ1v) is 4.72. The lowest BCUT2D eigenvalue weighted by Gasteiger charge is -2.05. The second-order valence-corrected chi connectivity index (χ2v) is 3.42. The monoisotopic (exact) mass is 220 g/mol. The average Bonchev–Trinajstić information content (AvgIpc) is 2.79. The molecular formula is C10H12N4O2. The summed E-state index contributed by atoms with van der Waals surface area (Å²) in [5.74, 6) is 0.783. The van der Waals surface area contributed by atoms with Crippen LogP contribution >= 0.6 is 0 Å². The van der Waals surface area contributed by atoms with Crippen LogP contribution in [-0.4, -0.2) is 15.7 Å². The van der Waals surface area contributed by atoms with E-state index in [1.165, 1.54) is 17.1 Å². The number of hydrogen-bond acceptors (Lipinski definition) is 4. The topological polar surface area (TPSA) is 86.1 Å². The fourth-order valence-electron chi connectivity index (χ4n) is 1.40. The summed E-state index contributed by atoms with van der Waals surface area (Å²) in [7, 11) is 1.70. The van der Waals surface area contributed by atoms with Crippen molar-refractivity contribution in [2.24, 2.45) is 7.05 Å². The van der Waals surface area contributed by atoms with Crippen molar-refractivity contribution in [2.75, 3.05) is 11.1 Å². The molecule has 0 aromatic carbocycles. The van der Waals surface area contributed by atoms with Crippen LogP contribution in [-0.2, 0) is 7.05 Å². The van der Waals surface area contributed by atoms with Crippen molar-refractivity contribution in [1.29, 1.82) is 0 Å². The van der Waals surface area contributed by atoms with E-state index < -0.39 is 0 Å². The molecule has 0 aliphatic rings. The minimum Gasteiger partial charge on any atom is -0.469 e. The van der Waals surface area contributed by atoms with Gasteiger partial charge in [0.1, 0.15) is 5.76 Å². The van der Waals surface area contributed by atoms with E-state index >= 15 is 0 Å². The Hall–Kier alpha value is -2.24. The maximum absolute atomic E-state index is 11.8. The Labute approximate surface area is 92.0 Å². The number of rotatable bonds is 2. The number of nitrogen functional groups attached to an aromatic ring is 1. The van der Waals surface area contributed by atoms with Crippen LogP contribution in [0.5, 0.6) is 0 Å². The van der Waals surface area contributed by atoms with Gasteiger partial charge in [-0.25, -0.2) is 0 Å². The van der Waals surface area contributed by atoms with Crippen LogP contribution in [0.3, 0.4) is 0 Å². The summed E-state index contributed by atoms with van der Waals surface area (Å²) in [5, 5.41) is 6.60. The molecule has 0 spiro atoms. The van der Waals surface area contributed by atoms with Gasteiger partial charge in [-0.05, 0) is 13.0 Å². The van der Waals surface area contributed by atoms with E-state index in [-0.39, 0.29) is 5.91 Å². The van der Waals surface area contributed by atoms with Crippen molar-refractivity contribution >= 4 is 17.4 Å². The van der Waals surface area contributed by atoms with E-state index in [1.54, 1.807) is 20.0 Å². The zero-order chi connectivity index (χ0) is 11.7. The lowest BCUT2D eigenvalue weighted by Crippen LogP contribution is -2.15. The molecule has 0 saturated heterocycles. The standard InChI is InChI=1S/C10H12N4O2/c1-6-7(3-4-16-6)10(15)13-9-8(11)5-12-14(9)2/h3-5H,11H2,1-2H3,(H,13,15). The molecule has 2 aromatic rings. The maximum Gasteiger partial charge on any atom is 0.260 e. The first-order chi connectivity index (χ1) is 7.59. The number of carbonyl (C=O) groups excluding carboxylic acids is 1. The Balaban J connectivity index is 2.24. The van der Waals surface area contributed by atoms with E-state index in [2.05, 4.69) is 10.4 Å². The van der Waals surface area contributed by atoms with Crippen LogP contribution < -0.4 is 11.1 Å². The van der Waals surface area contributed by atoms with Gasteiger partial charge in [0.25, 0.3) is 5.91 Å². The summed E-state index contributed by atoms with van der Waals surface area (Å²) in [5.41, 5.74) is 6.57. The van der Waals surface area contributed by atoms with Crippen LogP contribution in [0.15, 0.2) is 22.9 Å². The number of amides is 1. The molecule has 2 rings (SSSR count). The van der Waals surface area contributed by atoms with Gasteiger partial charge in [0.2, 0.25) is 0 Å². The van der Waals surface area contributed by atoms with Crippen molar-refractivity contribution in [1.82, 2.24) is 9.78 Å². The molecule has 0 unspecified atom stereocenters. The molecule has 0 saturated carbocycles. The van der Waals surface area contributed by atoms with E-state index in [1.807, 2.05) is 0 Å². The van der Waals surface area contributed by atoms with Crippen LogP contribution in [0, 0.1) is 6.92 Å². The number of carbonyl (C=O) groups is 1. The number of nitrogens with one attached hydrogen (secondary N) is 1. The summed E-state index contributed by atoms with van der Waals surface area (Å²) < 4.78 is 6.55. The fraction of sp³-hybridized carbons (Fsp3) is 0.200. The molecule has 6 nitrogen and oxygen atoms in total. The third kappa shape index (κ3) is 1.65. The highest BCUT2D eigenvalue weighted by atomic mass is 16.3. The zero-order valence-corrected chi connectivity index (χ0v) is 9.02. The fourth-order valence-corrected chi connectivity index (χ4v) is 1.40. The van der Waals surface area contributed by atoms with E-state index in [0.29, 0.717) is 22.8 Å². The van der Waals surface area contributed by atoms with E-state index in [9.17, 15) is 4.79 Å². The van der Waals surface area contributed by atoms with Crippen LogP contribution in [0.25, 0.3) is 0 Å². The molecule has 84 valence electrons. The third-order valence-electron chi connectivity index (χ3n) is 2.30. The SMILES string of the molecule is Cc1occc1C(=O)Nc1c(N)cnn1C.